The second kappa shape index (κ2) is 9.91. The van der Waals surface area contributed by atoms with Crippen molar-refractivity contribution in [3.8, 4) is 5.69 Å². The van der Waals surface area contributed by atoms with E-state index < -0.39 is 0 Å². The van der Waals surface area contributed by atoms with Gasteiger partial charge in [-0.1, -0.05) is 59.8 Å². The van der Waals surface area contributed by atoms with Gasteiger partial charge in [0.15, 0.2) is 5.16 Å². The first kappa shape index (κ1) is 20.6. The number of thioether (sulfide) groups is 1. The van der Waals surface area contributed by atoms with Crippen LogP contribution in [0.5, 0.6) is 0 Å². The van der Waals surface area contributed by atoms with Gasteiger partial charge in [0.2, 0.25) is 5.91 Å². The van der Waals surface area contributed by atoms with Gasteiger partial charge in [-0.3, -0.25) is 9.36 Å². The Labute approximate surface area is 181 Å². The fraction of sp³-hybridized carbons (Fsp3) is 0.348. The predicted octanol–water partition coefficient (Wildman–Crippen LogP) is 3.31. The summed E-state index contributed by atoms with van der Waals surface area (Å²) in [6.07, 6.45) is 1.67. The highest BCUT2D eigenvalue weighted by Gasteiger charge is 2.20. The standard InChI is InChI=1S/C23H26N4O2S/c1-18-7-10-20(11-8-18)27-21(12-9-19-5-3-2-4-6-19)24-25-23(27)30-17-22(28)26-13-15-29-16-14-26/h2-8,10-11H,9,12-17H2,1H3. The molecule has 0 bridgehead atoms. The van der Waals surface area contributed by atoms with E-state index in [0.717, 1.165) is 29.5 Å². The first-order chi connectivity index (χ1) is 14.7. The summed E-state index contributed by atoms with van der Waals surface area (Å²) < 4.78 is 7.42. The molecular formula is C23H26N4O2S. The number of hydrogen-bond acceptors (Lipinski definition) is 5. The average molecular weight is 423 g/mol. The highest BCUT2D eigenvalue weighted by Crippen LogP contribution is 2.24. The average Bonchev–Trinajstić information content (AvgIpc) is 3.20. The first-order valence-corrected chi connectivity index (χ1v) is 11.2. The van der Waals surface area contributed by atoms with Crippen molar-refractivity contribution in [1.82, 2.24) is 19.7 Å². The van der Waals surface area contributed by atoms with Crippen LogP contribution in [-0.4, -0.2) is 57.6 Å². The molecule has 1 aliphatic rings. The van der Waals surface area contributed by atoms with Crippen LogP contribution in [0.4, 0.5) is 0 Å². The van der Waals surface area contributed by atoms with E-state index in [1.165, 1.54) is 22.9 Å². The minimum Gasteiger partial charge on any atom is -0.378 e. The molecule has 3 aromatic rings. The van der Waals surface area contributed by atoms with Crippen LogP contribution in [0.3, 0.4) is 0 Å². The lowest BCUT2D eigenvalue weighted by atomic mass is 10.1. The predicted molar refractivity (Wildman–Crippen MR) is 118 cm³/mol. The molecule has 1 amide bonds. The van der Waals surface area contributed by atoms with Gasteiger partial charge in [0.1, 0.15) is 5.82 Å². The Morgan fingerprint density at radius 3 is 2.47 bits per heavy atom. The minimum absolute atomic E-state index is 0.118. The van der Waals surface area contributed by atoms with E-state index in [0.29, 0.717) is 32.1 Å². The number of carbonyl (C=O) groups excluding carboxylic acids is 1. The lowest BCUT2D eigenvalue weighted by molar-refractivity contribution is -0.132. The van der Waals surface area contributed by atoms with E-state index in [1.807, 2.05) is 11.0 Å². The molecule has 4 rings (SSSR count). The number of aryl methyl sites for hydroxylation is 3. The molecule has 0 saturated carbocycles. The number of amides is 1. The topological polar surface area (TPSA) is 60.2 Å². The van der Waals surface area contributed by atoms with Crippen LogP contribution in [0.15, 0.2) is 59.8 Å². The van der Waals surface area contributed by atoms with E-state index >= 15 is 0 Å². The third-order valence-electron chi connectivity index (χ3n) is 5.16. The molecule has 0 unspecified atom stereocenters. The zero-order chi connectivity index (χ0) is 20.8. The van der Waals surface area contributed by atoms with Crippen LogP contribution in [0.25, 0.3) is 5.69 Å². The number of rotatable bonds is 7. The lowest BCUT2D eigenvalue weighted by Gasteiger charge is -2.26. The Hall–Kier alpha value is -2.64. The highest BCUT2D eigenvalue weighted by molar-refractivity contribution is 7.99. The molecule has 156 valence electrons. The molecule has 0 N–H and O–H groups in total. The molecule has 1 fully saturated rings. The first-order valence-electron chi connectivity index (χ1n) is 10.2. The smallest absolute Gasteiger partial charge is 0.233 e. The Morgan fingerprint density at radius 1 is 1.00 bits per heavy atom. The largest absolute Gasteiger partial charge is 0.378 e. The van der Waals surface area contributed by atoms with Gasteiger partial charge in [-0.2, -0.15) is 0 Å². The highest BCUT2D eigenvalue weighted by atomic mass is 32.2. The number of benzene rings is 2. The molecule has 0 radical (unpaired) electrons. The van der Waals surface area contributed by atoms with Crippen LogP contribution < -0.4 is 0 Å². The van der Waals surface area contributed by atoms with Gasteiger partial charge in [0, 0.05) is 25.2 Å². The van der Waals surface area contributed by atoms with Gasteiger partial charge in [0.25, 0.3) is 0 Å². The molecule has 2 aromatic carbocycles. The third-order valence-corrected chi connectivity index (χ3v) is 6.07. The van der Waals surface area contributed by atoms with E-state index in [1.54, 1.807) is 0 Å². The molecule has 1 aromatic heterocycles. The monoisotopic (exact) mass is 422 g/mol. The van der Waals surface area contributed by atoms with E-state index in [2.05, 4.69) is 70.2 Å². The van der Waals surface area contributed by atoms with E-state index in [9.17, 15) is 4.79 Å². The summed E-state index contributed by atoms with van der Waals surface area (Å²) in [7, 11) is 0. The quantitative estimate of drug-likeness (QED) is 0.547. The molecule has 7 heteroatoms. The Kier molecular flexibility index (Phi) is 6.81. The van der Waals surface area contributed by atoms with Crippen LogP contribution >= 0.6 is 11.8 Å². The summed E-state index contributed by atoms with van der Waals surface area (Å²) in [6.45, 7) is 4.61. The molecule has 0 atom stereocenters. The number of carbonyl (C=O) groups is 1. The Morgan fingerprint density at radius 2 is 1.73 bits per heavy atom. The normalized spacial score (nSPS) is 14.1. The van der Waals surface area contributed by atoms with Crippen molar-refractivity contribution in [2.24, 2.45) is 0 Å². The molecule has 1 saturated heterocycles. The Balaban J connectivity index is 1.52. The maximum absolute atomic E-state index is 12.6. The van der Waals surface area contributed by atoms with Crippen LogP contribution in [0.2, 0.25) is 0 Å². The molecule has 0 spiro atoms. The summed E-state index contributed by atoms with van der Waals surface area (Å²) in [5, 5.41) is 9.65. The summed E-state index contributed by atoms with van der Waals surface area (Å²) in [5.74, 6) is 1.37. The minimum atomic E-state index is 0.118. The number of nitrogens with zero attached hydrogens (tertiary/aromatic N) is 4. The van der Waals surface area contributed by atoms with Crippen molar-refractivity contribution in [3.63, 3.8) is 0 Å². The molecule has 30 heavy (non-hydrogen) atoms. The summed E-state index contributed by atoms with van der Waals surface area (Å²) in [5.41, 5.74) is 3.50. The number of ether oxygens (including phenoxy) is 1. The fourth-order valence-electron chi connectivity index (χ4n) is 3.44. The number of aromatic nitrogens is 3. The number of hydrogen-bond donors (Lipinski definition) is 0. The maximum Gasteiger partial charge on any atom is 0.233 e. The molecule has 1 aliphatic heterocycles. The van der Waals surface area contributed by atoms with Gasteiger partial charge in [0.05, 0.1) is 19.0 Å². The molecule has 0 aliphatic carbocycles. The van der Waals surface area contributed by atoms with Crippen molar-refractivity contribution in [2.45, 2.75) is 24.9 Å². The van der Waals surface area contributed by atoms with Crippen LogP contribution in [-0.2, 0) is 22.4 Å². The summed E-state index contributed by atoms with van der Waals surface area (Å²) >= 11 is 1.45. The summed E-state index contributed by atoms with van der Waals surface area (Å²) in [6, 6.07) is 18.7. The zero-order valence-electron chi connectivity index (χ0n) is 17.2. The van der Waals surface area contributed by atoms with Crippen molar-refractivity contribution in [1.29, 1.82) is 0 Å². The van der Waals surface area contributed by atoms with E-state index in [-0.39, 0.29) is 5.91 Å². The summed E-state index contributed by atoms with van der Waals surface area (Å²) in [4.78, 5) is 14.4. The third kappa shape index (κ3) is 5.09. The number of morpholine rings is 1. The Bertz CT molecular complexity index is 967. The van der Waals surface area contributed by atoms with Gasteiger partial charge in [-0.05, 0) is 31.0 Å². The van der Waals surface area contributed by atoms with Crippen molar-refractivity contribution < 1.29 is 9.53 Å². The SMILES string of the molecule is Cc1ccc(-n2c(CCc3ccccc3)nnc2SCC(=O)N2CCOCC2)cc1. The molecular weight excluding hydrogens is 396 g/mol. The van der Waals surface area contributed by atoms with Crippen molar-refractivity contribution in [2.75, 3.05) is 32.1 Å². The van der Waals surface area contributed by atoms with Crippen molar-refractivity contribution in [3.05, 3.63) is 71.5 Å². The maximum atomic E-state index is 12.6. The zero-order valence-corrected chi connectivity index (χ0v) is 18.0. The second-order valence-electron chi connectivity index (χ2n) is 7.34. The fourth-order valence-corrected chi connectivity index (χ4v) is 4.31. The van der Waals surface area contributed by atoms with Gasteiger partial charge >= 0.3 is 0 Å². The van der Waals surface area contributed by atoms with Crippen LogP contribution in [0.1, 0.15) is 17.0 Å². The second-order valence-corrected chi connectivity index (χ2v) is 8.28. The van der Waals surface area contributed by atoms with E-state index in [4.69, 9.17) is 4.74 Å². The van der Waals surface area contributed by atoms with Gasteiger partial charge in [-0.25, -0.2) is 0 Å². The lowest BCUT2D eigenvalue weighted by Crippen LogP contribution is -2.41. The van der Waals surface area contributed by atoms with Gasteiger partial charge in [-0.15, -0.1) is 10.2 Å². The van der Waals surface area contributed by atoms with Crippen molar-refractivity contribution >= 4 is 17.7 Å². The van der Waals surface area contributed by atoms with Gasteiger partial charge < -0.3 is 9.64 Å². The molecule has 6 nitrogen and oxygen atoms in total. The molecule has 2 heterocycles. The van der Waals surface area contributed by atoms with Crippen LogP contribution in [0, 0.1) is 6.92 Å².